The van der Waals surface area contributed by atoms with E-state index in [4.69, 9.17) is 4.74 Å². The topological polar surface area (TPSA) is 61.8 Å². The maximum Gasteiger partial charge on any atom is 0.416 e. The van der Waals surface area contributed by atoms with Crippen molar-refractivity contribution < 1.29 is 27.8 Å². The van der Waals surface area contributed by atoms with Gasteiger partial charge in [-0.3, -0.25) is 4.79 Å². The number of thioether (sulfide) groups is 1. The number of hydrogen-bond donors (Lipinski definition) is 2. The molecular weight excluding hydrogens is 465 g/mol. The van der Waals surface area contributed by atoms with Gasteiger partial charge in [0, 0.05) is 24.4 Å². The summed E-state index contributed by atoms with van der Waals surface area (Å²) in [6.07, 6.45) is -3.34. The number of piperidine rings is 1. The Morgan fingerprint density at radius 1 is 1.28 bits per heavy atom. The normalized spacial score (nSPS) is 21.5. The van der Waals surface area contributed by atoms with Gasteiger partial charge in [-0.2, -0.15) is 13.2 Å². The van der Waals surface area contributed by atoms with Crippen molar-refractivity contribution in [3.8, 4) is 5.75 Å². The second-order valence-electron chi connectivity index (χ2n) is 7.71. The van der Waals surface area contributed by atoms with E-state index in [1.807, 2.05) is 42.3 Å². The summed E-state index contributed by atoms with van der Waals surface area (Å²) < 4.78 is 45.1. The van der Waals surface area contributed by atoms with Gasteiger partial charge >= 0.3 is 6.18 Å². The summed E-state index contributed by atoms with van der Waals surface area (Å²) in [5, 5.41) is 13.5. The van der Waals surface area contributed by atoms with Crippen LogP contribution in [0.25, 0.3) is 0 Å². The van der Waals surface area contributed by atoms with E-state index in [1.165, 1.54) is 7.11 Å². The Balaban J connectivity index is 0.00000363. The van der Waals surface area contributed by atoms with Gasteiger partial charge in [-0.1, -0.05) is 30.3 Å². The van der Waals surface area contributed by atoms with Gasteiger partial charge in [0.05, 0.1) is 29.9 Å². The van der Waals surface area contributed by atoms with Gasteiger partial charge in [0.2, 0.25) is 0 Å². The van der Waals surface area contributed by atoms with Crippen LogP contribution in [0.3, 0.4) is 0 Å². The van der Waals surface area contributed by atoms with Gasteiger partial charge in [0.15, 0.2) is 0 Å². The first kappa shape index (κ1) is 26.3. The van der Waals surface area contributed by atoms with E-state index in [9.17, 15) is 23.1 Å². The number of amides is 1. The van der Waals surface area contributed by atoms with E-state index in [0.717, 1.165) is 29.5 Å². The number of hydrogen-bond acceptors (Lipinski definition) is 5. The number of aliphatic hydroxyl groups excluding tert-OH is 1. The molecule has 1 heterocycles. The van der Waals surface area contributed by atoms with Crippen LogP contribution in [0, 0.1) is 0 Å². The Kier molecular flexibility index (Phi) is 8.50. The Labute approximate surface area is 195 Å². The summed E-state index contributed by atoms with van der Waals surface area (Å²) in [6.45, 7) is 0.904. The fraction of sp³-hybridized carbons (Fsp3) is 0.409. The molecule has 0 bridgehead atoms. The molecule has 1 fully saturated rings. The number of methoxy groups -OCH3 is 1. The standard InChI is InChI=1S/C22H25F3N2O3S.ClH/c1-27-12-16(28)11-21(13-27,14-7-5-4-6-8-14)26-20(29)19-17(30-2)9-15(22(23,24)25)10-18(19)31-3;/h4-10,16,28H,11-13H2,1-3H3,(H,26,29);1H/t16-,21-;/m1./s1. The summed E-state index contributed by atoms with van der Waals surface area (Å²) in [5.74, 6) is -0.703. The average Bonchev–Trinajstić information content (AvgIpc) is 2.71. The van der Waals surface area contributed by atoms with Crippen molar-refractivity contribution in [1.29, 1.82) is 0 Å². The lowest BCUT2D eigenvalue weighted by molar-refractivity contribution is -0.137. The molecule has 2 aromatic rings. The third kappa shape index (κ3) is 5.51. The van der Waals surface area contributed by atoms with Gasteiger partial charge in [-0.05, 0) is 31.0 Å². The van der Waals surface area contributed by atoms with Gasteiger partial charge in [-0.25, -0.2) is 0 Å². The Morgan fingerprint density at radius 3 is 2.47 bits per heavy atom. The molecule has 2 N–H and O–H groups in total. The Morgan fingerprint density at radius 2 is 1.94 bits per heavy atom. The van der Waals surface area contributed by atoms with Gasteiger partial charge in [0.25, 0.3) is 5.91 Å². The van der Waals surface area contributed by atoms with Crippen molar-refractivity contribution >= 4 is 30.1 Å². The number of halogens is 4. The lowest BCUT2D eigenvalue weighted by Gasteiger charge is -2.44. The predicted molar refractivity (Wildman–Crippen MR) is 121 cm³/mol. The molecule has 0 saturated carbocycles. The summed E-state index contributed by atoms with van der Waals surface area (Å²) >= 11 is 1.04. The molecule has 1 saturated heterocycles. The summed E-state index contributed by atoms with van der Waals surface area (Å²) in [7, 11) is 3.08. The number of rotatable bonds is 5. The van der Waals surface area contributed by atoms with Crippen molar-refractivity contribution in [2.75, 3.05) is 33.5 Å². The first-order chi connectivity index (χ1) is 14.6. The monoisotopic (exact) mass is 490 g/mol. The van der Waals surface area contributed by atoms with Crippen LogP contribution in [0.5, 0.6) is 5.75 Å². The van der Waals surface area contributed by atoms with E-state index in [2.05, 4.69) is 5.32 Å². The molecule has 32 heavy (non-hydrogen) atoms. The van der Waals surface area contributed by atoms with Gasteiger partial charge < -0.3 is 20.1 Å². The fourth-order valence-electron chi connectivity index (χ4n) is 4.12. The van der Waals surface area contributed by atoms with Crippen LogP contribution in [0.4, 0.5) is 13.2 Å². The minimum atomic E-state index is -4.56. The van der Waals surface area contributed by atoms with Crippen LogP contribution in [0.15, 0.2) is 47.4 Å². The van der Waals surface area contributed by atoms with Crippen molar-refractivity contribution in [2.45, 2.75) is 29.1 Å². The number of nitrogens with one attached hydrogen (secondary N) is 1. The highest BCUT2D eigenvalue weighted by Crippen LogP contribution is 2.39. The highest BCUT2D eigenvalue weighted by Gasteiger charge is 2.42. The number of carbonyl (C=O) groups is 1. The fourth-order valence-corrected chi connectivity index (χ4v) is 4.77. The van der Waals surface area contributed by atoms with Crippen molar-refractivity contribution in [3.63, 3.8) is 0 Å². The zero-order chi connectivity index (χ0) is 22.8. The first-order valence-corrected chi connectivity index (χ1v) is 10.9. The summed E-state index contributed by atoms with van der Waals surface area (Å²) in [5.41, 5.74) is -0.934. The largest absolute Gasteiger partial charge is 0.496 e. The number of alkyl halides is 3. The predicted octanol–water partition coefficient (Wildman–Crippen LogP) is 4.18. The van der Waals surface area contributed by atoms with Gasteiger partial charge in [0.1, 0.15) is 5.75 Å². The zero-order valence-corrected chi connectivity index (χ0v) is 19.5. The van der Waals surface area contributed by atoms with Crippen molar-refractivity contribution in [1.82, 2.24) is 10.2 Å². The SMILES string of the molecule is COc1cc(C(F)(F)F)cc(SC)c1C(=O)N[C@]1(c2ccccc2)C[C@@H](O)CN(C)C1.Cl. The highest BCUT2D eigenvalue weighted by molar-refractivity contribution is 7.98. The number of β-amino-alcohol motifs (C(OH)–C–C–N with tert-alkyl or cyclic N) is 1. The second kappa shape index (κ2) is 10.3. The number of aliphatic hydroxyl groups is 1. The molecule has 3 rings (SSSR count). The van der Waals surface area contributed by atoms with Crippen LogP contribution >= 0.6 is 24.2 Å². The minimum absolute atomic E-state index is 0. The number of benzene rings is 2. The lowest BCUT2D eigenvalue weighted by atomic mass is 9.81. The third-order valence-corrected chi connectivity index (χ3v) is 6.15. The molecule has 10 heteroatoms. The lowest BCUT2D eigenvalue weighted by Crippen LogP contribution is -2.59. The van der Waals surface area contributed by atoms with E-state index in [1.54, 1.807) is 6.26 Å². The van der Waals surface area contributed by atoms with E-state index in [0.29, 0.717) is 13.1 Å². The van der Waals surface area contributed by atoms with E-state index in [-0.39, 0.29) is 35.0 Å². The summed E-state index contributed by atoms with van der Waals surface area (Å²) in [4.78, 5) is 15.5. The number of likely N-dealkylation sites (N-methyl/N-ethyl adjacent to an activating group) is 1. The molecule has 0 aliphatic carbocycles. The number of nitrogens with zero attached hydrogens (tertiary/aromatic N) is 1. The van der Waals surface area contributed by atoms with Crippen LogP contribution in [0.2, 0.25) is 0 Å². The maximum absolute atomic E-state index is 13.4. The number of carbonyl (C=O) groups excluding carboxylic acids is 1. The molecule has 1 aliphatic heterocycles. The molecule has 1 amide bonds. The van der Waals surface area contributed by atoms with E-state index < -0.39 is 29.3 Å². The van der Waals surface area contributed by atoms with Crippen LogP contribution < -0.4 is 10.1 Å². The molecule has 0 aromatic heterocycles. The molecule has 2 atom stereocenters. The minimum Gasteiger partial charge on any atom is -0.496 e. The smallest absolute Gasteiger partial charge is 0.416 e. The number of likely N-dealkylation sites (tertiary alicyclic amines) is 1. The highest BCUT2D eigenvalue weighted by atomic mass is 35.5. The van der Waals surface area contributed by atoms with Crippen LogP contribution in [-0.2, 0) is 11.7 Å². The Bertz CT molecular complexity index is 909. The Hall–Kier alpha value is -1.94. The molecule has 5 nitrogen and oxygen atoms in total. The zero-order valence-electron chi connectivity index (χ0n) is 17.9. The third-order valence-electron chi connectivity index (χ3n) is 5.39. The molecule has 0 spiro atoms. The second-order valence-corrected chi connectivity index (χ2v) is 8.56. The molecule has 0 radical (unpaired) electrons. The first-order valence-electron chi connectivity index (χ1n) is 9.67. The van der Waals surface area contributed by atoms with Crippen LogP contribution in [0.1, 0.15) is 27.9 Å². The van der Waals surface area contributed by atoms with E-state index >= 15 is 0 Å². The molecule has 0 unspecified atom stereocenters. The molecule has 2 aromatic carbocycles. The van der Waals surface area contributed by atoms with Crippen LogP contribution in [-0.4, -0.2) is 55.5 Å². The number of ether oxygens (including phenoxy) is 1. The average molecular weight is 491 g/mol. The van der Waals surface area contributed by atoms with Gasteiger partial charge in [-0.15, -0.1) is 24.2 Å². The summed E-state index contributed by atoms with van der Waals surface area (Å²) in [6, 6.07) is 11.1. The van der Waals surface area contributed by atoms with Crippen molar-refractivity contribution in [2.24, 2.45) is 0 Å². The van der Waals surface area contributed by atoms with Crippen molar-refractivity contribution in [3.05, 3.63) is 59.2 Å². The maximum atomic E-state index is 13.4. The molecular formula is C22H26ClF3N2O3S. The molecule has 1 aliphatic rings. The quantitative estimate of drug-likeness (QED) is 0.616. The molecule has 176 valence electrons.